The molecule has 114 valence electrons. The van der Waals surface area contributed by atoms with Crippen LogP contribution in [0.15, 0.2) is 22.0 Å². The third-order valence-electron chi connectivity index (χ3n) is 2.82. The molecule has 0 aliphatic rings. The van der Waals surface area contributed by atoms with Gasteiger partial charge in [-0.1, -0.05) is 0 Å². The summed E-state index contributed by atoms with van der Waals surface area (Å²) in [6, 6.07) is 3.91. The molecule has 1 aromatic carbocycles. The minimum absolute atomic E-state index is 0.597. The van der Waals surface area contributed by atoms with E-state index in [1.165, 1.54) is 0 Å². The number of nitrogens with two attached hydrogens (primary N) is 1. The molecular formula is C15H19BrN2O2S. The predicted molar refractivity (Wildman–Crippen MR) is 90.3 cm³/mol. The van der Waals surface area contributed by atoms with Crippen LogP contribution in [-0.2, 0) is 6.42 Å². The summed E-state index contributed by atoms with van der Waals surface area (Å²) in [5, 5.41) is 3.08. The molecule has 0 bridgehead atoms. The Kier molecular flexibility index (Phi) is 6.02. The minimum Gasteiger partial charge on any atom is -0.493 e. The zero-order valence-electron chi connectivity index (χ0n) is 12.2. The van der Waals surface area contributed by atoms with E-state index in [9.17, 15) is 0 Å². The van der Waals surface area contributed by atoms with Crippen LogP contribution in [0.4, 0.5) is 0 Å². The second kappa shape index (κ2) is 7.77. The van der Waals surface area contributed by atoms with Gasteiger partial charge in [-0.05, 0) is 42.4 Å². The summed E-state index contributed by atoms with van der Waals surface area (Å²) < 4.78 is 12.2. The van der Waals surface area contributed by atoms with Crippen molar-refractivity contribution >= 4 is 27.3 Å². The molecule has 0 atom stereocenters. The quantitative estimate of drug-likeness (QED) is 0.803. The van der Waals surface area contributed by atoms with Gasteiger partial charge in [0.1, 0.15) is 11.5 Å². The maximum atomic E-state index is 5.74. The van der Waals surface area contributed by atoms with Gasteiger partial charge in [-0.25, -0.2) is 4.98 Å². The number of hydrogen-bond donors (Lipinski definition) is 1. The van der Waals surface area contributed by atoms with Gasteiger partial charge >= 0.3 is 0 Å². The molecule has 2 aromatic rings. The molecule has 2 N–H and O–H groups in total. The maximum Gasteiger partial charge on any atom is 0.137 e. The molecule has 0 saturated heterocycles. The first-order valence-corrected chi connectivity index (χ1v) is 8.60. The summed E-state index contributed by atoms with van der Waals surface area (Å²) in [4.78, 5) is 4.63. The van der Waals surface area contributed by atoms with Gasteiger partial charge in [0, 0.05) is 23.4 Å². The first kappa shape index (κ1) is 16.3. The van der Waals surface area contributed by atoms with Crippen LogP contribution in [0, 0.1) is 0 Å². The van der Waals surface area contributed by atoms with Crippen molar-refractivity contribution in [3.63, 3.8) is 0 Å². The standard InChI is InChI=1S/C15H19BrN2O2S/c1-3-19-13-8-14(20-4-2)11(16)7-10(13)12-9-21-15(18-12)5-6-17/h7-9H,3-6,17H2,1-2H3. The van der Waals surface area contributed by atoms with Crippen molar-refractivity contribution in [2.45, 2.75) is 20.3 Å². The Morgan fingerprint density at radius 3 is 2.57 bits per heavy atom. The second-order valence-corrected chi connectivity index (χ2v) is 6.11. The van der Waals surface area contributed by atoms with E-state index in [4.69, 9.17) is 15.2 Å². The molecule has 2 rings (SSSR count). The lowest BCUT2D eigenvalue weighted by Crippen LogP contribution is -2.02. The van der Waals surface area contributed by atoms with Crippen molar-refractivity contribution in [2.75, 3.05) is 19.8 Å². The van der Waals surface area contributed by atoms with Gasteiger partial charge in [0.2, 0.25) is 0 Å². The zero-order valence-corrected chi connectivity index (χ0v) is 14.6. The van der Waals surface area contributed by atoms with E-state index in [0.29, 0.717) is 19.8 Å². The summed E-state index contributed by atoms with van der Waals surface area (Å²) in [7, 11) is 0. The summed E-state index contributed by atoms with van der Waals surface area (Å²) in [5.41, 5.74) is 7.46. The van der Waals surface area contributed by atoms with Crippen molar-refractivity contribution in [1.29, 1.82) is 0 Å². The van der Waals surface area contributed by atoms with Crippen molar-refractivity contribution < 1.29 is 9.47 Å². The van der Waals surface area contributed by atoms with E-state index in [1.807, 2.05) is 31.4 Å². The number of ether oxygens (including phenoxy) is 2. The normalized spacial score (nSPS) is 10.7. The number of benzene rings is 1. The summed E-state index contributed by atoms with van der Waals surface area (Å²) in [5.74, 6) is 1.57. The number of nitrogens with zero attached hydrogens (tertiary/aromatic N) is 1. The lowest BCUT2D eigenvalue weighted by molar-refractivity contribution is 0.322. The Hall–Kier alpha value is -1.11. The number of rotatable bonds is 7. The largest absolute Gasteiger partial charge is 0.493 e. The molecule has 0 spiro atoms. The Morgan fingerprint density at radius 2 is 1.90 bits per heavy atom. The van der Waals surface area contributed by atoms with Gasteiger partial charge in [-0.2, -0.15) is 0 Å². The molecule has 0 unspecified atom stereocenters. The molecule has 1 heterocycles. The van der Waals surface area contributed by atoms with Crippen LogP contribution in [0.5, 0.6) is 11.5 Å². The fraction of sp³-hybridized carbons (Fsp3) is 0.400. The highest BCUT2D eigenvalue weighted by atomic mass is 79.9. The van der Waals surface area contributed by atoms with E-state index in [1.54, 1.807) is 11.3 Å². The fourth-order valence-electron chi connectivity index (χ4n) is 1.95. The second-order valence-electron chi connectivity index (χ2n) is 4.31. The highest BCUT2D eigenvalue weighted by Gasteiger charge is 2.14. The third-order valence-corrected chi connectivity index (χ3v) is 4.35. The molecule has 0 amide bonds. The summed E-state index contributed by atoms with van der Waals surface area (Å²) >= 11 is 5.17. The maximum absolute atomic E-state index is 5.74. The van der Waals surface area contributed by atoms with E-state index in [0.717, 1.165) is 38.7 Å². The molecule has 0 aliphatic carbocycles. The van der Waals surface area contributed by atoms with Crippen molar-refractivity contribution in [1.82, 2.24) is 4.98 Å². The smallest absolute Gasteiger partial charge is 0.137 e. The molecule has 0 fully saturated rings. The molecule has 4 nitrogen and oxygen atoms in total. The Balaban J connectivity index is 2.42. The first-order valence-electron chi connectivity index (χ1n) is 6.93. The Bertz CT molecular complexity index is 601. The van der Waals surface area contributed by atoms with Gasteiger partial charge in [-0.15, -0.1) is 11.3 Å². The van der Waals surface area contributed by atoms with Crippen LogP contribution in [0.2, 0.25) is 0 Å². The van der Waals surface area contributed by atoms with Gasteiger partial charge in [0.05, 0.1) is 28.4 Å². The molecule has 0 aliphatic heterocycles. The molecule has 0 saturated carbocycles. The Morgan fingerprint density at radius 1 is 1.19 bits per heavy atom. The van der Waals surface area contributed by atoms with Crippen molar-refractivity contribution in [3.8, 4) is 22.8 Å². The average molecular weight is 371 g/mol. The molecule has 21 heavy (non-hydrogen) atoms. The van der Waals surface area contributed by atoms with Crippen molar-refractivity contribution in [2.24, 2.45) is 5.73 Å². The van der Waals surface area contributed by atoms with E-state index in [2.05, 4.69) is 20.9 Å². The monoisotopic (exact) mass is 370 g/mol. The van der Waals surface area contributed by atoms with E-state index < -0.39 is 0 Å². The number of halogens is 1. The van der Waals surface area contributed by atoms with Crippen LogP contribution in [0.3, 0.4) is 0 Å². The predicted octanol–water partition coefficient (Wildman–Crippen LogP) is 3.87. The van der Waals surface area contributed by atoms with Crippen LogP contribution in [0.25, 0.3) is 11.3 Å². The molecule has 1 aromatic heterocycles. The van der Waals surface area contributed by atoms with Crippen LogP contribution in [-0.4, -0.2) is 24.7 Å². The van der Waals surface area contributed by atoms with Crippen LogP contribution in [0.1, 0.15) is 18.9 Å². The number of hydrogen-bond acceptors (Lipinski definition) is 5. The lowest BCUT2D eigenvalue weighted by Gasteiger charge is -2.13. The van der Waals surface area contributed by atoms with Crippen molar-refractivity contribution in [3.05, 3.63) is 27.0 Å². The molecular weight excluding hydrogens is 352 g/mol. The van der Waals surface area contributed by atoms with Gasteiger partial charge in [0.25, 0.3) is 0 Å². The minimum atomic E-state index is 0.597. The topological polar surface area (TPSA) is 57.4 Å². The molecule has 0 radical (unpaired) electrons. The summed E-state index contributed by atoms with van der Waals surface area (Å²) in [6.45, 7) is 5.74. The fourth-order valence-corrected chi connectivity index (χ4v) is 3.22. The SMILES string of the molecule is CCOc1cc(OCC)c(-c2csc(CCN)n2)cc1Br. The van der Waals surface area contributed by atoms with Gasteiger partial charge in [-0.3, -0.25) is 0 Å². The van der Waals surface area contributed by atoms with Crippen LogP contribution < -0.4 is 15.2 Å². The highest BCUT2D eigenvalue weighted by molar-refractivity contribution is 9.10. The summed E-state index contributed by atoms with van der Waals surface area (Å²) in [6.07, 6.45) is 0.798. The molecule has 6 heteroatoms. The zero-order chi connectivity index (χ0) is 15.2. The van der Waals surface area contributed by atoms with E-state index >= 15 is 0 Å². The first-order chi connectivity index (χ1) is 10.2. The average Bonchev–Trinajstić information content (AvgIpc) is 2.91. The third kappa shape index (κ3) is 3.96. The van der Waals surface area contributed by atoms with Gasteiger partial charge < -0.3 is 15.2 Å². The Labute approximate surface area is 137 Å². The number of thiazole rings is 1. The van der Waals surface area contributed by atoms with E-state index in [-0.39, 0.29) is 0 Å². The highest BCUT2D eigenvalue weighted by Crippen LogP contribution is 2.39. The number of aromatic nitrogens is 1. The van der Waals surface area contributed by atoms with Gasteiger partial charge in [0.15, 0.2) is 0 Å². The van der Waals surface area contributed by atoms with Crippen LogP contribution >= 0.6 is 27.3 Å². The lowest BCUT2D eigenvalue weighted by atomic mass is 10.1.